The zero-order chi connectivity index (χ0) is 21.6. The second-order valence-electron chi connectivity index (χ2n) is 9.18. The largest absolute Gasteiger partial charge is 0.299 e. The van der Waals surface area contributed by atoms with Gasteiger partial charge in [-0.25, -0.2) is 4.98 Å². The Labute approximate surface area is 184 Å². The molecule has 0 N–H and O–H groups in total. The number of imidazole rings is 1. The van der Waals surface area contributed by atoms with Gasteiger partial charge in [-0.3, -0.25) is 4.57 Å². The maximum atomic E-state index is 4.86. The number of thiophene rings is 1. The monoisotopic (exact) mass is 416 g/mol. The first-order valence-electron chi connectivity index (χ1n) is 11.0. The molecule has 4 aromatic rings. The van der Waals surface area contributed by atoms with Crippen LogP contribution < -0.4 is 0 Å². The Kier molecular flexibility index (Phi) is 5.59. The number of aryl methyl sites for hydroxylation is 1. The smallest absolute Gasteiger partial charge is 0.144 e. The van der Waals surface area contributed by atoms with Crippen LogP contribution in [-0.2, 0) is 0 Å². The van der Waals surface area contributed by atoms with Crippen molar-refractivity contribution in [2.45, 2.75) is 66.2 Å². The zero-order valence-electron chi connectivity index (χ0n) is 19.2. The van der Waals surface area contributed by atoms with Gasteiger partial charge in [-0.2, -0.15) is 0 Å². The summed E-state index contributed by atoms with van der Waals surface area (Å²) in [5.74, 6) is 2.34. The van der Waals surface area contributed by atoms with E-state index in [4.69, 9.17) is 4.98 Å². The van der Waals surface area contributed by atoms with Crippen LogP contribution in [0.15, 0.2) is 48.8 Å². The van der Waals surface area contributed by atoms with E-state index in [0.29, 0.717) is 17.8 Å². The first-order chi connectivity index (χ1) is 14.3. The summed E-state index contributed by atoms with van der Waals surface area (Å²) in [7, 11) is 0. The predicted molar refractivity (Wildman–Crippen MR) is 131 cm³/mol. The Hall–Kier alpha value is -2.39. The first kappa shape index (κ1) is 20.9. The van der Waals surface area contributed by atoms with Crippen LogP contribution in [0.3, 0.4) is 0 Å². The third-order valence-electron chi connectivity index (χ3n) is 5.87. The molecule has 0 amide bonds. The van der Waals surface area contributed by atoms with Gasteiger partial charge in [0.05, 0.1) is 5.69 Å². The number of fused-ring (bicyclic) bond motifs is 1. The predicted octanol–water partition coefficient (Wildman–Crippen LogP) is 8.43. The third kappa shape index (κ3) is 3.50. The molecule has 3 heteroatoms. The number of benzene rings is 2. The highest BCUT2D eigenvalue weighted by Gasteiger charge is 2.23. The Morgan fingerprint density at radius 2 is 1.57 bits per heavy atom. The quantitative estimate of drug-likeness (QED) is 0.319. The molecular weight excluding hydrogens is 384 g/mol. The summed E-state index contributed by atoms with van der Waals surface area (Å²) in [5.41, 5.74) is 6.72. The van der Waals surface area contributed by atoms with Gasteiger partial charge in [0.15, 0.2) is 0 Å². The molecule has 0 bridgehead atoms. The lowest BCUT2D eigenvalue weighted by Crippen LogP contribution is -2.09. The Morgan fingerprint density at radius 1 is 0.867 bits per heavy atom. The number of hydrogen-bond acceptors (Lipinski definition) is 2. The van der Waals surface area contributed by atoms with Crippen LogP contribution in [-0.4, -0.2) is 9.55 Å². The van der Waals surface area contributed by atoms with Crippen molar-refractivity contribution in [1.82, 2.24) is 9.55 Å². The number of aromatic nitrogens is 2. The molecule has 0 aliphatic rings. The van der Waals surface area contributed by atoms with Crippen LogP contribution in [0.5, 0.6) is 0 Å². The minimum atomic E-state index is 0.426. The lowest BCUT2D eigenvalue weighted by molar-refractivity contribution is 0.814. The summed E-state index contributed by atoms with van der Waals surface area (Å²) in [6.45, 7) is 16.0. The summed E-state index contributed by atoms with van der Waals surface area (Å²) >= 11 is 1.91. The summed E-state index contributed by atoms with van der Waals surface area (Å²) in [5, 5.41) is 1.37. The fourth-order valence-electron chi connectivity index (χ4n) is 4.48. The van der Waals surface area contributed by atoms with E-state index >= 15 is 0 Å². The molecule has 0 atom stereocenters. The number of rotatable bonds is 5. The van der Waals surface area contributed by atoms with Gasteiger partial charge in [0.25, 0.3) is 0 Å². The van der Waals surface area contributed by atoms with Gasteiger partial charge < -0.3 is 0 Å². The van der Waals surface area contributed by atoms with E-state index in [-0.39, 0.29) is 0 Å². The summed E-state index contributed by atoms with van der Waals surface area (Å²) in [6.07, 6.45) is 4.09. The maximum Gasteiger partial charge on any atom is 0.144 e. The van der Waals surface area contributed by atoms with Crippen LogP contribution in [0.25, 0.3) is 27.2 Å². The van der Waals surface area contributed by atoms with E-state index < -0.39 is 0 Å². The van der Waals surface area contributed by atoms with Crippen molar-refractivity contribution in [2.24, 2.45) is 0 Å². The average molecular weight is 417 g/mol. The molecule has 0 aliphatic heterocycles. The molecule has 0 spiro atoms. The molecule has 30 heavy (non-hydrogen) atoms. The normalized spacial score (nSPS) is 12.1. The van der Waals surface area contributed by atoms with E-state index in [1.807, 2.05) is 17.5 Å². The number of hydrogen-bond donors (Lipinski definition) is 0. The van der Waals surface area contributed by atoms with Gasteiger partial charge in [-0.15, -0.1) is 11.3 Å². The van der Waals surface area contributed by atoms with Crippen molar-refractivity contribution in [2.75, 3.05) is 0 Å². The van der Waals surface area contributed by atoms with Gasteiger partial charge >= 0.3 is 0 Å². The summed E-state index contributed by atoms with van der Waals surface area (Å²) < 4.78 is 3.76. The Morgan fingerprint density at radius 3 is 2.23 bits per heavy atom. The van der Waals surface area contributed by atoms with E-state index in [0.717, 1.165) is 5.82 Å². The van der Waals surface area contributed by atoms with E-state index in [1.54, 1.807) is 0 Å². The molecule has 2 aromatic carbocycles. The molecule has 0 saturated carbocycles. The average Bonchev–Trinajstić information content (AvgIpc) is 3.31. The topological polar surface area (TPSA) is 17.8 Å². The highest BCUT2D eigenvalue weighted by Crippen LogP contribution is 2.42. The summed E-state index contributed by atoms with van der Waals surface area (Å²) in [4.78, 5) is 6.23. The second kappa shape index (κ2) is 8.03. The number of nitrogens with zero attached hydrogens (tertiary/aromatic N) is 2. The fraction of sp³-hybridized carbons (Fsp3) is 0.370. The molecule has 0 aliphatic carbocycles. The van der Waals surface area contributed by atoms with E-state index in [2.05, 4.69) is 95.6 Å². The Balaban J connectivity index is 2.08. The van der Waals surface area contributed by atoms with Crippen molar-refractivity contribution in [3.8, 4) is 17.1 Å². The minimum absolute atomic E-state index is 0.426. The SMILES string of the molecule is Cc1cc2cc(C(C)C)c(-n3ccnc3-c3ccccc3C(C)C)c(C(C)C)c2s1. The molecule has 2 nitrogen and oxygen atoms in total. The van der Waals surface area contributed by atoms with Crippen LogP contribution in [0.4, 0.5) is 0 Å². The van der Waals surface area contributed by atoms with Crippen molar-refractivity contribution in [3.05, 3.63) is 70.4 Å². The van der Waals surface area contributed by atoms with Crippen LogP contribution in [0.1, 0.15) is 80.9 Å². The van der Waals surface area contributed by atoms with Gasteiger partial charge in [0.2, 0.25) is 0 Å². The van der Waals surface area contributed by atoms with Gasteiger partial charge in [0.1, 0.15) is 5.82 Å². The van der Waals surface area contributed by atoms with Crippen LogP contribution >= 0.6 is 11.3 Å². The molecule has 2 aromatic heterocycles. The first-order valence-corrected chi connectivity index (χ1v) is 11.8. The highest BCUT2D eigenvalue weighted by molar-refractivity contribution is 7.19. The van der Waals surface area contributed by atoms with Crippen molar-refractivity contribution in [1.29, 1.82) is 0 Å². The standard InChI is InChI=1S/C27H32N2S/c1-16(2)21-10-8-9-11-22(21)27-28-12-13-29(27)25-23(17(3)4)15-20-14-19(7)30-26(20)24(25)18(5)6/h8-18H,1-7H3. The van der Waals surface area contributed by atoms with Gasteiger partial charge in [0, 0.05) is 27.5 Å². The zero-order valence-corrected chi connectivity index (χ0v) is 20.0. The lowest BCUT2D eigenvalue weighted by atomic mass is 9.90. The van der Waals surface area contributed by atoms with Crippen molar-refractivity contribution in [3.63, 3.8) is 0 Å². The summed E-state index contributed by atoms with van der Waals surface area (Å²) in [6, 6.07) is 13.4. The molecule has 0 unspecified atom stereocenters. The van der Waals surface area contributed by atoms with E-state index in [1.165, 1.54) is 42.9 Å². The second-order valence-corrected chi connectivity index (χ2v) is 10.4. The highest BCUT2D eigenvalue weighted by atomic mass is 32.1. The van der Waals surface area contributed by atoms with Gasteiger partial charge in [-0.1, -0.05) is 65.8 Å². The lowest BCUT2D eigenvalue weighted by Gasteiger charge is -2.23. The molecule has 0 radical (unpaired) electrons. The van der Waals surface area contributed by atoms with Crippen molar-refractivity contribution >= 4 is 21.4 Å². The molecule has 4 rings (SSSR count). The molecular formula is C27H32N2S. The molecule has 0 fully saturated rings. The molecule has 0 saturated heterocycles. The van der Waals surface area contributed by atoms with Crippen molar-refractivity contribution < 1.29 is 0 Å². The minimum Gasteiger partial charge on any atom is -0.299 e. The third-order valence-corrected chi connectivity index (χ3v) is 6.97. The maximum absolute atomic E-state index is 4.86. The van der Waals surface area contributed by atoms with Crippen LogP contribution in [0.2, 0.25) is 0 Å². The molecule has 156 valence electrons. The van der Waals surface area contributed by atoms with Crippen LogP contribution in [0, 0.1) is 6.92 Å². The Bertz CT molecular complexity index is 1190. The van der Waals surface area contributed by atoms with E-state index in [9.17, 15) is 0 Å². The van der Waals surface area contributed by atoms with Gasteiger partial charge in [-0.05, 0) is 58.9 Å². The molecule has 2 heterocycles. The fourth-order valence-corrected chi connectivity index (χ4v) is 5.67.